The predicted molar refractivity (Wildman–Crippen MR) is 143 cm³/mol. The van der Waals surface area contributed by atoms with E-state index in [2.05, 4.69) is 19.9 Å². The number of methoxy groups -OCH3 is 1. The highest BCUT2D eigenvalue weighted by Crippen LogP contribution is 2.37. The highest BCUT2D eigenvalue weighted by atomic mass is 35.5. The van der Waals surface area contributed by atoms with Crippen LogP contribution in [0.5, 0.6) is 0 Å². The van der Waals surface area contributed by atoms with Crippen molar-refractivity contribution in [2.75, 3.05) is 24.9 Å². The molecule has 1 N–H and O–H groups in total. The van der Waals surface area contributed by atoms with E-state index in [4.69, 9.17) is 32.7 Å². The van der Waals surface area contributed by atoms with E-state index in [-0.39, 0.29) is 35.3 Å². The van der Waals surface area contributed by atoms with E-state index in [9.17, 15) is 26.4 Å². The number of nitrogens with zero attached hydrogens (tertiary/aromatic N) is 5. The number of ether oxygens (including phenoxy) is 2. The lowest BCUT2D eigenvalue weighted by Crippen LogP contribution is -2.36. The molecule has 4 rings (SSSR count). The van der Waals surface area contributed by atoms with Crippen molar-refractivity contribution in [2.45, 2.75) is 49.6 Å². The monoisotopic (exact) mass is 636 g/mol. The first kappa shape index (κ1) is 30.8. The Hall–Kier alpha value is -3.14. The average Bonchev–Trinajstić information content (AvgIpc) is 3.49. The summed E-state index contributed by atoms with van der Waals surface area (Å²) >= 11 is 11.7. The van der Waals surface area contributed by atoms with Gasteiger partial charge in [0.25, 0.3) is 10.0 Å². The molecule has 2 aromatic heterocycles. The smallest absolute Gasteiger partial charge is 0.417 e. The quantitative estimate of drug-likeness (QED) is 0.387. The molecule has 11 nitrogen and oxygen atoms in total. The second kappa shape index (κ2) is 11.3. The number of sulfonamides is 1. The van der Waals surface area contributed by atoms with E-state index in [1.165, 1.54) is 30.6 Å². The van der Waals surface area contributed by atoms with Gasteiger partial charge < -0.3 is 18.9 Å². The summed E-state index contributed by atoms with van der Waals surface area (Å²) in [5.74, 6) is 0.0875. The first-order chi connectivity index (χ1) is 19.0. The molecule has 1 saturated heterocycles. The van der Waals surface area contributed by atoms with Crippen LogP contribution in [0.4, 0.5) is 23.7 Å². The molecule has 1 aromatic carbocycles. The second-order valence-electron chi connectivity index (χ2n) is 10.1. The third-order valence-corrected chi connectivity index (χ3v) is 7.89. The summed E-state index contributed by atoms with van der Waals surface area (Å²) in [7, 11) is -3.11. The molecule has 1 unspecified atom stereocenters. The van der Waals surface area contributed by atoms with Crippen molar-refractivity contribution < 1.29 is 35.9 Å². The van der Waals surface area contributed by atoms with Crippen LogP contribution >= 0.6 is 23.2 Å². The van der Waals surface area contributed by atoms with Gasteiger partial charge in [0.1, 0.15) is 17.6 Å². The maximum atomic E-state index is 13.4. The number of hydrogen-bond donors (Lipinski definition) is 1. The molecule has 222 valence electrons. The number of rotatable bonds is 6. The molecular formula is C24H25Cl2F3N6O5S. The zero-order valence-electron chi connectivity index (χ0n) is 22.1. The van der Waals surface area contributed by atoms with Crippen molar-refractivity contribution in [3.8, 4) is 11.5 Å². The van der Waals surface area contributed by atoms with Crippen LogP contribution in [0.3, 0.4) is 0 Å². The van der Waals surface area contributed by atoms with Gasteiger partial charge in [0, 0.05) is 19.9 Å². The molecule has 1 aliphatic rings. The Morgan fingerprint density at radius 3 is 2.49 bits per heavy atom. The first-order valence-corrected chi connectivity index (χ1v) is 14.2. The fourth-order valence-electron chi connectivity index (χ4n) is 4.17. The van der Waals surface area contributed by atoms with E-state index >= 15 is 0 Å². The Balaban J connectivity index is 1.70. The minimum Gasteiger partial charge on any atom is -0.444 e. The maximum Gasteiger partial charge on any atom is 0.417 e. The van der Waals surface area contributed by atoms with Crippen LogP contribution in [0.25, 0.3) is 11.5 Å². The van der Waals surface area contributed by atoms with Crippen LogP contribution in [-0.4, -0.2) is 71.1 Å². The average molecular weight is 637 g/mol. The van der Waals surface area contributed by atoms with Gasteiger partial charge in [-0.2, -0.15) is 13.2 Å². The molecule has 41 heavy (non-hydrogen) atoms. The van der Waals surface area contributed by atoms with Gasteiger partial charge in [-0.1, -0.05) is 23.2 Å². The number of halogens is 5. The van der Waals surface area contributed by atoms with Gasteiger partial charge in [0.05, 0.1) is 44.9 Å². The van der Waals surface area contributed by atoms with Crippen LogP contribution in [0.1, 0.15) is 32.4 Å². The van der Waals surface area contributed by atoms with Crippen LogP contribution < -0.4 is 4.72 Å². The molecule has 17 heteroatoms. The minimum atomic E-state index is -4.88. The molecule has 0 aliphatic carbocycles. The predicted octanol–water partition coefficient (Wildman–Crippen LogP) is 5.27. The van der Waals surface area contributed by atoms with Crippen LogP contribution in [0.15, 0.2) is 41.7 Å². The summed E-state index contributed by atoms with van der Waals surface area (Å²) in [5, 5.41) is 7.42. The molecular weight excluding hydrogens is 612 g/mol. The topological polar surface area (TPSA) is 129 Å². The lowest BCUT2D eigenvalue weighted by atomic mass is 10.2. The van der Waals surface area contributed by atoms with Gasteiger partial charge >= 0.3 is 12.3 Å². The molecule has 1 aliphatic heterocycles. The Morgan fingerprint density at radius 1 is 1.15 bits per heavy atom. The highest BCUT2D eigenvalue weighted by molar-refractivity contribution is 7.92. The summed E-state index contributed by atoms with van der Waals surface area (Å²) in [4.78, 5) is 17.7. The number of aromatic nitrogens is 4. The van der Waals surface area contributed by atoms with Crippen molar-refractivity contribution in [1.82, 2.24) is 24.6 Å². The maximum absolute atomic E-state index is 13.4. The van der Waals surface area contributed by atoms with Crippen molar-refractivity contribution in [1.29, 1.82) is 0 Å². The van der Waals surface area contributed by atoms with Crippen LogP contribution in [-0.2, 0) is 25.7 Å². The Kier molecular flexibility index (Phi) is 8.47. The number of hydrogen-bond acceptors (Lipinski definition) is 8. The Labute approximate surface area is 243 Å². The fourth-order valence-corrected chi connectivity index (χ4v) is 5.64. The number of alkyl halides is 3. The van der Waals surface area contributed by atoms with Gasteiger partial charge in [-0.15, -0.1) is 10.2 Å². The lowest BCUT2D eigenvalue weighted by molar-refractivity contribution is -0.137. The summed E-state index contributed by atoms with van der Waals surface area (Å²) in [6.45, 7) is 5.57. The number of carbonyl (C=O) groups is 1. The normalized spacial score (nSPS) is 18.0. The number of carbonyl (C=O) groups excluding carboxylic acids is 1. The zero-order chi connectivity index (χ0) is 30.3. The van der Waals surface area contributed by atoms with Gasteiger partial charge in [0.2, 0.25) is 0 Å². The number of nitrogens with one attached hydrogen (secondary N) is 1. The first-order valence-electron chi connectivity index (χ1n) is 12.0. The summed E-state index contributed by atoms with van der Waals surface area (Å²) in [6.07, 6.45) is -3.33. The highest BCUT2D eigenvalue weighted by Gasteiger charge is 2.40. The van der Waals surface area contributed by atoms with E-state index in [1.54, 1.807) is 25.3 Å². The molecule has 2 atom stereocenters. The number of pyridine rings is 1. The van der Waals surface area contributed by atoms with Crippen molar-refractivity contribution in [3.05, 3.63) is 52.4 Å². The van der Waals surface area contributed by atoms with E-state index in [0.717, 1.165) is 12.1 Å². The third-order valence-electron chi connectivity index (χ3n) is 5.99. The lowest BCUT2D eigenvalue weighted by Gasteiger charge is -2.24. The van der Waals surface area contributed by atoms with Crippen molar-refractivity contribution >= 4 is 45.0 Å². The molecule has 3 aromatic rings. The van der Waals surface area contributed by atoms with Gasteiger partial charge in [-0.05, 0) is 45.0 Å². The standard InChI is InChI=1S/C24H25Cl2F3N6O5S/c1-23(2,3)40-22(36)34-10-18(19(11-34)39-4)35-12-31-32-21(35)20-17(7-13(25)9-30-20)33-41(37,38)14-5-6-16(26)15(8-14)24(27,28)29/h5-9,12,18-19,33H,10-11H2,1-4H3/t18?,19-/m0/s1. The summed E-state index contributed by atoms with van der Waals surface area (Å²) < 4.78 is 81.4. The van der Waals surface area contributed by atoms with Crippen molar-refractivity contribution in [3.63, 3.8) is 0 Å². The molecule has 0 bridgehead atoms. The molecule has 1 amide bonds. The van der Waals surface area contributed by atoms with Crippen molar-refractivity contribution in [2.24, 2.45) is 0 Å². The van der Waals surface area contributed by atoms with Crippen LogP contribution in [0.2, 0.25) is 10.0 Å². The SMILES string of the molecule is CO[C@H]1CN(C(=O)OC(C)(C)C)CC1n1cnnc1-c1ncc(Cl)cc1NS(=O)(=O)c1ccc(Cl)c(C(F)(F)F)c1. The largest absolute Gasteiger partial charge is 0.444 e. The van der Waals surface area contributed by atoms with E-state index < -0.39 is 55.5 Å². The van der Waals surface area contributed by atoms with E-state index in [1.807, 2.05) is 0 Å². The zero-order valence-corrected chi connectivity index (χ0v) is 24.4. The van der Waals surface area contributed by atoms with Crippen LogP contribution in [0, 0.1) is 0 Å². The number of amides is 1. The van der Waals surface area contributed by atoms with E-state index in [0.29, 0.717) is 6.07 Å². The Morgan fingerprint density at radius 2 is 1.85 bits per heavy atom. The molecule has 0 spiro atoms. The number of benzene rings is 1. The summed E-state index contributed by atoms with van der Waals surface area (Å²) in [6, 6.07) is 2.92. The summed E-state index contributed by atoms with van der Waals surface area (Å²) in [5.41, 5.74) is -2.23. The molecule has 3 heterocycles. The molecule has 0 radical (unpaired) electrons. The Bertz CT molecular complexity index is 1560. The molecule has 1 fully saturated rings. The second-order valence-corrected chi connectivity index (χ2v) is 12.6. The fraction of sp³-hybridized carbons (Fsp3) is 0.417. The van der Waals surface area contributed by atoms with Gasteiger partial charge in [0.15, 0.2) is 5.82 Å². The number of anilines is 1. The number of likely N-dealkylation sites (tertiary alicyclic amines) is 1. The third kappa shape index (κ3) is 6.85. The molecule has 0 saturated carbocycles. The van der Waals surface area contributed by atoms with Gasteiger partial charge in [-0.25, -0.2) is 18.2 Å². The minimum absolute atomic E-state index is 0.0222. The van der Waals surface area contributed by atoms with Gasteiger partial charge in [-0.3, -0.25) is 4.72 Å².